The first-order chi connectivity index (χ1) is 15.4. The van der Waals surface area contributed by atoms with E-state index >= 15 is 0 Å². The van der Waals surface area contributed by atoms with Crippen LogP contribution >= 0.6 is 0 Å². The van der Waals surface area contributed by atoms with Crippen LogP contribution in [-0.4, -0.2) is 8.07 Å². The average Bonchev–Trinajstić information content (AvgIpc) is 3.13. The minimum atomic E-state index is -2.42. The quantitative estimate of drug-likeness (QED) is 0.226. The van der Waals surface area contributed by atoms with Gasteiger partial charge < -0.3 is 37.2 Å². The van der Waals surface area contributed by atoms with Crippen molar-refractivity contribution in [2.24, 2.45) is 5.92 Å². The fourth-order valence-electron chi connectivity index (χ4n) is 6.25. The van der Waals surface area contributed by atoms with Crippen molar-refractivity contribution >= 4 is 23.6 Å². The van der Waals surface area contributed by atoms with Gasteiger partial charge in [-0.15, -0.1) is 0 Å². The van der Waals surface area contributed by atoms with Crippen molar-refractivity contribution in [2.45, 2.75) is 43.4 Å². The summed E-state index contributed by atoms with van der Waals surface area (Å²) in [7, 11) is -2.42. The molecule has 180 valence electrons. The van der Waals surface area contributed by atoms with E-state index in [1.165, 1.54) is 36.0 Å². The molecule has 0 bridgehead atoms. The number of rotatable bonds is 4. The van der Waals surface area contributed by atoms with Crippen molar-refractivity contribution in [1.29, 1.82) is 0 Å². The molecule has 5 rings (SSSR count). The van der Waals surface area contributed by atoms with E-state index in [0.29, 0.717) is 5.92 Å². The molecule has 2 aliphatic rings. The van der Waals surface area contributed by atoms with Crippen molar-refractivity contribution < 1.29 is 57.7 Å². The van der Waals surface area contributed by atoms with Crippen LogP contribution in [0.4, 0.5) is 0 Å². The van der Waals surface area contributed by atoms with E-state index < -0.39 is 8.07 Å². The van der Waals surface area contributed by atoms with Crippen LogP contribution in [0.2, 0.25) is 3.34 Å². The zero-order chi connectivity index (χ0) is 22.3. The molecule has 0 aromatic heterocycles. The Balaban J connectivity index is 0.00000144. The summed E-state index contributed by atoms with van der Waals surface area (Å²) in [6, 6.07) is 28.4. The van der Waals surface area contributed by atoms with Crippen LogP contribution < -0.4 is 52.8 Å². The largest absolute Gasteiger partial charge is 1.00 e. The van der Waals surface area contributed by atoms with Gasteiger partial charge in [-0.25, -0.2) is 0 Å². The molecule has 5 heteroatoms. The summed E-state index contributed by atoms with van der Waals surface area (Å²) >= 11 is 2.61. The van der Waals surface area contributed by atoms with Crippen molar-refractivity contribution in [3.05, 3.63) is 113 Å². The second kappa shape index (κ2) is 12.0. The molecule has 2 atom stereocenters. The second-order valence-electron chi connectivity index (χ2n) is 9.79. The predicted octanol–water partition coefficient (Wildman–Crippen LogP) is -3.36. The number of halogens is 3. The van der Waals surface area contributed by atoms with Crippen molar-refractivity contribution in [2.75, 3.05) is 0 Å². The van der Waals surface area contributed by atoms with E-state index in [2.05, 4.69) is 132 Å². The van der Waals surface area contributed by atoms with E-state index in [9.17, 15) is 0 Å². The summed E-state index contributed by atoms with van der Waals surface area (Å²) in [5.74, 6) is 0.691. The Kier molecular flexibility index (Phi) is 10.3. The summed E-state index contributed by atoms with van der Waals surface area (Å²) in [5.41, 5.74) is 5.76. The Morgan fingerprint density at radius 2 is 1.20 bits per heavy atom. The Hall–Kier alpha value is -1.06. The van der Waals surface area contributed by atoms with Crippen LogP contribution in [0.1, 0.15) is 36.0 Å². The minimum absolute atomic E-state index is 0. The smallest absolute Gasteiger partial charge is 1.00 e. The topological polar surface area (TPSA) is 0 Å². The molecule has 0 spiro atoms. The Morgan fingerprint density at radius 1 is 0.743 bits per heavy atom. The summed E-state index contributed by atoms with van der Waals surface area (Å²) in [6.45, 7) is 6.74. The number of hydrogen-bond acceptors (Lipinski definition) is 0. The Bertz CT molecular complexity index is 1120. The van der Waals surface area contributed by atoms with Gasteiger partial charge in [0.25, 0.3) is 0 Å². The number of benzene rings is 3. The Morgan fingerprint density at radius 3 is 1.63 bits per heavy atom. The van der Waals surface area contributed by atoms with E-state index in [4.69, 9.17) is 0 Å². The first kappa shape index (κ1) is 30.2. The van der Waals surface area contributed by atoms with Gasteiger partial charge in [0.2, 0.25) is 0 Å². The molecule has 0 heterocycles. The third-order valence-corrected chi connectivity index (χ3v) is 15.6. The normalized spacial score (nSPS) is 20.6. The van der Waals surface area contributed by atoms with Crippen molar-refractivity contribution in [3.8, 4) is 0 Å². The molecule has 2 unspecified atom stereocenters. The molecule has 0 radical (unpaired) electrons. The zero-order valence-electron chi connectivity index (χ0n) is 20.5. The first-order valence-electron chi connectivity index (χ1n) is 11.8. The standard InChI is InChI=1S/C30H31Si.3ClH.Ti/c1-22-9-6-13-26(19-22)31(27-14-7-10-23(2)20-27,28-15-8-11-24(3)21-28)30-18-17-25-12-4-5-16-29(25)30;;;;/h4-11,13-16,19-21,25H,12,17-18H2,1-3H3;3*1H;/q;;;;+3/p-3. The van der Waals surface area contributed by atoms with Gasteiger partial charge in [0.1, 0.15) is 0 Å². The molecule has 2 aliphatic carbocycles. The summed E-state index contributed by atoms with van der Waals surface area (Å²) in [6.07, 6.45) is 10.9. The van der Waals surface area contributed by atoms with Crippen LogP contribution in [0.15, 0.2) is 96.6 Å². The molecule has 35 heavy (non-hydrogen) atoms. The molecule has 1 fully saturated rings. The van der Waals surface area contributed by atoms with Gasteiger partial charge in [-0.05, 0) is 0 Å². The number of allylic oxidation sites excluding steroid dienone is 4. The predicted molar refractivity (Wildman–Crippen MR) is 135 cm³/mol. The van der Waals surface area contributed by atoms with Crippen molar-refractivity contribution in [3.63, 3.8) is 0 Å². The minimum Gasteiger partial charge on any atom is -1.00 e. The summed E-state index contributed by atoms with van der Waals surface area (Å²) in [4.78, 5) is 0. The van der Waals surface area contributed by atoms with E-state index in [0.717, 1.165) is 0 Å². The van der Waals surface area contributed by atoms with Gasteiger partial charge in [0.05, 0.1) is 0 Å². The van der Waals surface area contributed by atoms with Gasteiger partial charge in [0, 0.05) is 0 Å². The van der Waals surface area contributed by atoms with Crippen LogP contribution in [0.25, 0.3) is 0 Å². The number of fused-ring (bicyclic) bond motifs is 1. The number of hydrogen-bond donors (Lipinski definition) is 0. The van der Waals surface area contributed by atoms with Gasteiger partial charge in [-0.2, -0.15) is 0 Å². The molecular formula is C30H31Cl3SiTi. The van der Waals surface area contributed by atoms with Crippen LogP contribution in [0, 0.1) is 26.7 Å². The van der Waals surface area contributed by atoms with Gasteiger partial charge in [0.15, 0.2) is 0 Å². The van der Waals surface area contributed by atoms with E-state index in [1.807, 2.05) is 0 Å². The van der Waals surface area contributed by atoms with Crippen LogP contribution in [0.3, 0.4) is 0 Å². The van der Waals surface area contributed by atoms with Crippen LogP contribution in [0.5, 0.6) is 0 Å². The Labute approximate surface area is 242 Å². The van der Waals surface area contributed by atoms with Crippen molar-refractivity contribution in [1.82, 2.24) is 0 Å². The number of aryl methyl sites for hydroxylation is 3. The second-order valence-corrected chi connectivity index (χ2v) is 16.0. The average molecular weight is 574 g/mol. The first-order valence-corrected chi connectivity index (χ1v) is 14.6. The SMILES string of the molecule is Cc1cccc([Si](c2cccc(C)c2)(c2cccc(C)c2)[C]2([Ti+3])CCC3CC=CC=C32)c1.[Cl-].[Cl-].[Cl-]. The molecule has 0 N–H and O–H groups in total. The molecule has 1 saturated carbocycles. The maximum absolute atomic E-state index is 2.61. The zero-order valence-corrected chi connectivity index (χ0v) is 25.3. The fourth-order valence-corrected chi connectivity index (χ4v) is 15.0. The van der Waals surface area contributed by atoms with E-state index in [-0.39, 0.29) is 40.6 Å². The molecule has 0 amide bonds. The summed E-state index contributed by atoms with van der Waals surface area (Å²) < 4.78 is 0.137. The molecule has 3 aromatic rings. The monoisotopic (exact) mass is 572 g/mol. The maximum Gasteiger partial charge on any atom is -1.00 e. The third-order valence-electron chi connectivity index (χ3n) is 7.63. The molecular weight excluding hydrogens is 543 g/mol. The third kappa shape index (κ3) is 5.06. The molecule has 0 nitrogen and oxygen atoms in total. The molecule has 0 aliphatic heterocycles. The molecule has 3 aromatic carbocycles. The van der Waals surface area contributed by atoms with Gasteiger partial charge in [-0.3, -0.25) is 0 Å². The molecule has 0 saturated heterocycles. The summed E-state index contributed by atoms with van der Waals surface area (Å²) in [5, 5.41) is 4.65. The van der Waals surface area contributed by atoms with Gasteiger partial charge in [-0.1, -0.05) is 0 Å². The fraction of sp³-hybridized carbons (Fsp3) is 0.267. The maximum atomic E-state index is 2.61. The van der Waals surface area contributed by atoms with E-state index in [1.54, 1.807) is 21.1 Å². The van der Waals surface area contributed by atoms with Crippen LogP contribution in [-0.2, 0) is 20.4 Å². The van der Waals surface area contributed by atoms with Gasteiger partial charge >= 0.3 is 207 Å².